The Morgan fingerprint density at radius 2 is 2.62 bits per heavy atom. The molecule has 1 aliphatic carbocycles. The minimum atomic E-state index is 0.473. The van der Waals surface area contributed by atoms with Crippen LogP contribution in [-0.4, -0.2) is 4.83 Å². The number of allylic oxidation sites excluding steroid dienone is 4. The Kier molecular flexibility index (Phi) is 1.90. The molecule has 0 amide bonds. The average Bonchev–Trinajstić information content (AvgIpc) is 2.12. The highest BCUT2D eigenvalue weighted by Crippen LogP contribution is 2.17. The molecule has 1 aliphatic rings. The van der Waals surface area contributed by atoms with Gasteiger partial charge in [-0.3, -0.25) is 0 Å². The van der Waals surface area contributed by atoms with Crippen LogP contribution >= 0.6 is 15.9 Å². The summed E-state index contributed by atoms with van der Waals surface area (Å²) in [5.41, 5.74) is 1.28. The molecule has 0 aromatic rings. The highest BCUT2D eigenvalue weighted by atomic mass is 79.9. The number of hydrogen-bond donors (Lipinski definition) is 0. The summed E-state index contributed by atoms with van der Waals surface area (Å²) >= 11 is 3.45. The number of hydrogen-bond acceptors (Lipinski definition) is 0. The molecule has 0 saturated carbocycles. The van der Waals surface area contributed by atoms with Gasteiger partial charge in [-0.1, -0.05) is 28.1 Å². The second-order valence-corrected chi connectivity index (χ2v) is 3.23. The Labute approximate surface area is 58.4 Å². The van der Waals surface area contributed by atoms with Crippen LogP contribution < -0.4 is 0 Å². The summed E-state index contributed by atoms with van der Waals surface area (Å²) in [5.74, 6) is 0. The van der Waals surface area contributed by atoms with Gasteiger partial charge in [0.25, 0.3) is 0 Å². The second-order valence-electron chi connectivity index (χ2n) is 1.85. The predicted octanol–water partition coefficient (Wildman–Crippen LogP) is 2.46. The van der Waals surface area contributed by atoms with E-state index >= 15 is 0 Å². The van der Waals surface area contributed by atoms with E-state index in [0.717, 1.165) is 6.42 Å². The molecule has 1 unspecified atom stereocenters. The largest absolute Gasteiger partial charge is 0.0842 e. The first-order chi connectivity index (χ1) is 3.80. The molecule has 0 aliphatic heterocycles. The summed E-state index contributed by atoms with van der Waals surface area (Å²) in [6.45, 7) is 2.11. The van der Waals surface area contributed by atoms with Crippen molar-refractivity contribution in [2.75, 3.05) is 0 Å². The lowest BCUT2D eigenvalue weighted by molar-refractivity contribution is 1.18. The molecule has 0 bridgehead atoms. The standard InChI is InChI=1S/C7H8Br/c1-6(8)7-4-2-3-5-7/h2,4,6H,3H2,1H3. The van der Waals surface area contributed by atoms with Crippen molar-refractivity contribution < 1.29 is 0 Å². The molecule has 1 rings (SSSR count). The van der Waals surface area contributed by atoms with Gasteiger partial charge in [-0.25, -0.2) is 0 Å². The third-order valence-electron chi connectivity index (χ3n) is 1.15. The van der Waals surface area contributed by atoms with E-state index in [1.807, 2.05) is 0 Å². The van der Waals surface area contributed by atoms with Gasteiger partial charge in [0, 0.05) is 4.83 Å². The number of halogens is 1. The fraction of sp³-hybridized carbons (Fsp3) is 0.429. The molecular formula is C7H8Br. The Hall–Kier alpha value is -0.0400. The zero-order chi connectivity index (χ0) is 5.98. The van der Waals surface area contributed by atoms with E-state index in [9.17, 15) is 0 Å². The molecule has 0 saturated heterocycles. The molecule has 0 heterocycles. The van der Waals surface area contributed by atoms with E-state index < -0.39 is 0 Å². The second kappa shape index (κ2) is 2.49. The first-order valence-corrected chi connectivity index (χ1v) is 3.63. The number of alkyl halides is 1. The van der Waals surface area contributed by atoms with Crippen molar-refractivity contribution in [1.82, 2.24) is 0 Å². The van der Waals surface area contributed by atoms with Gasteiger partial charge in [0.2, 0.25) is 0 Å². The van der Waals surface area contributed by atoms with Crippen LogP contribution in [0.1, 0.15) is 13.3 Å². The van der Waals surface area contributed by atoms with Crippen molar-refractivity contribution in [2.24, 2.45) is 0 Å². The van der Waals surface area contributed by atoms with Gasteiger partial charge in [0.05, 0.1) is 0 Å². The lowest BCUT2D eigenvalue weighted by atomic mass is 10.2. The molecule has 0 N–H and O–H groups in total. The van der Waals surface area contributed by atoms with Crippen LogP contribution in [0.2, 0.25) is 0 Å². The van der Waals surface area contributed by atoms with Crippen LogP contribution in [-0.2, 0) is 0 Å². The fourth-order valence-electron chi connectivity index (χ4n) is 0.695. The molecule has 0 aromatic heterocycles. The van der Waals surface area contributed by atoms with Crippen LogP contribution in [0.3, 0.4) is 0 Å². The van der Waals surface area contributed by atoms with Gasteiger partial charge in [-0.2, -0.15) is 0 Å². The average molecular weight is 172 g/mol. The highest BCUT2D eigenvalue weighted by molar-refractivity contribution is 9.09. The summed E-state index contributed by atoms with van der Waals surface area (Å²) in [5, 5.41) is 0. The SMILES string of the molecule is CC(Br)C1=[C]CC=C1. The molecule has 1 atom stereocenters. The first-order valence-electron chi connectivity index (χ1n) is 2.72. The van der Waals surface area contributed by atoms with Gasteiger partial charge in [-0.05, 0) is 25.0 Å². The fourth-order valence-corrected chi connectivity index (χ4v) is 1.01. The third-order valence-corrected chi connectivity index (χ3v) is 1.64. The quantitative estimate of drug-likeness (QED) is 0.533. The summed E-state index contributed by atoms with van der Waals surface area (Å²) in [7, 11) is 0. The van der Waals surface area contributed by atoms with Gasteiger partial charge in [0.15, 0.2) is 0 Å². The van der Waals surface area contributed by atoms with Crippen molar-refractivity contribution in [3.8, 4) is 0 Å². The van der Waals surface area contributed by atoms with Crippen molar-refractivity contribution in [3.05, 3.63) is 23.8 Å². The van der Waals surface area contributed by atoms with E-state index in [4.69, 9.17) is 0 Å². The lowest BCUT2D eigenvalue weighted by Gasteiger charge is -1.97. The molecule has 1 heteroatoms. The molecule has 0 fully saturated rings. The highest BCUT2D eigenvalue weighted by Gasteiger charge is 2.02. The van der Waals surface area contributed by atoms with E-state index in [-0.39, 0.29) is 0 Å². The Morgan fingerprint density at radius 1 is 1.88 bits per heavy atom. The normalized spacial score (nSPS) is 21.0. The molecule has 0 aromatic carbocycles. The molecular weight excluding hydrogens is 164 g/mol. The van der Waals surface area contributed by atoms with Crippen molar-refractivity contribution in [1.29, 1.82) is 0 Å². The van der Waals surface area contributed by atoms with Crippen molar-refractivity contribution in [2.45, 2.75) is 18.2 Å². The van der Waals surface area contributed by atoms with Crippen molar-refractivity contribution in [3.63, 3.8) is 0 Å². The lowest BCUT2D eigenvalue weighted by Crippen LogP contribution is -1.89. The van der Waals surface area contributed by atoms with Crippen LogP contribution in [0.5, 0.6) is 0 Å². The summed E-state index contributed by atoms with van der Waals surface area (Å²) in [6, 6.07) is 0. The van der Waals surface area contributed by atoms with Gasteiger partial charge >= 0.3 is 0 Å². The van der Waals surface area contributed by atoms with Crippen molar-refractivity contribution >= 4 is 15.9 Å². The minimum absolute atomic E-state index is 0.473. The number of rotatable bonds is 1. The van der Waals surface area contributed by atoms with Crippen LogP contribution in [0.4, 0.5) is 0 Å². The Bertz CT molecular complexity index is 131. The van der Waals surface area contributed by atoms with E-state index in [2.05, 4.69) is 41.1 Å². The monoisotopic (exact) mass is 171 g/mol. The van der Waals surface area contributed by atoms with Gasteiger partial charge in [0.1, 0.15) is 0 Å². The minimum Gasteiger partial charge on any atom is -0.0842 e. The molecule has 1 radical (unpaired) electrons. The zero-order valence-corrected chi connectivity index (χ0v) is 6.40. The predicted molar refractivity (Wildman–Crippen MR) is 38.9 cm³/mol. The van der Waals surface area contributed by atoms with Gasteiger partial charge in [-0.15, -0.1) is 0 Å². The van der Waals surface area contributed by atoms with Crippen LogP contribution in [0, 0.1) is 6.08 Å². The Balaban J connectivity index is 2.58. The smallest absolute Gasteiger partial charge is 0.0369 e. The maximum absolute atomic E-state index is 3.45. The van der Waals surface area contributed by atoms with Gasteiger partial charge < -0.3 is 0 Å². The van der Waals surface area contributed by atoms with E-state index in [0.29, 0.717) is 4.83 Å². The first kappa shape index (κ1) is 6.09. The van der Waals surface area contributed by atoms with E-state index in [1.54, 1.807) is 0 Å². The maximum Gasteiger partial charge on any atom is 0.0369 e. The Morgan fingerprint density at radius 3 is 2.88 bits per heavy atom. The van der Waals surface area contributed by atoms with Crippen LogP contribution in [0.25, 0.3) is 0 Å². The molecule has 0 nitrogen and oxygen atoms in total. The summed E-state index contributed by atoms with van der Waals surface area (Å²) < 4.78 is 0. The maximum atomic E-state index is 3.45. The zero-order valence-electron chi connectivity index (χ0n) is 4.82. The summed E-state index contributed by atoms with van der Waals surface area (Å²) in [4.78, 5) is 0.473. The third kappa shape index (κ3) is 1.22. The topological polar surface area (TPSA) is 0 Å². The summed E-state index contributed by atoms with van der Waals surface area (Å²) in [6.07, 6.45) is 8.43. The van der Waals surface area contributed by atoms with Crippen LogP contribution in [0.15, 0.2) is 17.7 Å². The molecule has 0 spiro atoms. The van der Waals surface area contributed by atoms with E-state index in [1.165, 1.54) is 5.57 Å². The molecule has 43 valence electrons. The molecule has 8 heavy (non-hydrogen) atoms.